The molecule has 0 aromatic heterocycles. The van der Waals surface area contributed by atoms with Crippen molar-refractivity contribution < 1.29 is 9.18 Å². The van der Waals surface area contributed by atoms with E-state index in [9.17, 15) is 9.18 Å². The number of anilines is 1. The summed E-state index contributed by atoms with van der Waals surface area (Å²) in [5.74, 6) is -0.825. The predicted octanol–water partition coefficient (Wildman–Crippen LogP) is 4.04. The van der Waals surface area contributed by atoms with Gasteiger partial charge in [-0.1, -0.05) is 29.8 Å². The lowest BCUT2D eigenvalue weighted by molar-refractivity contribution is 0.102. The van der Waals surface area contributed by atoms with E-state index in [0.717, 1.165) is 5.56 Å². The van der Waals surface area contributed by atoms with E-state index in [1.165, 1.54) is 12.1 Å². The van der Waals surface area contributed by atoms with Crippen LogP contribution in [0.2, 0.25) is 5.02 Å². The average Bonchev–Trinajstić information content (AvgIpc) is 2.34. The Hall–Kier alpha value is -1.87. The molecule has 0 heterocycles. The number of amides is 1. The molecule has 0 unspecified atom stereocenters. The fourth-order valence-electron chi connectivity index (χ4n) is 1.60. The molecular weight excluding hydrogens is 253 g/mol. The Labute approximate surface area is 109 Å². The first-order valence-electron chi connectivity index (χ1n) is 5.40. The quantitative estimate of drug-likeness (QED) is 0.870. The van der Waals surface area contributed by atoms with E-state index in [2.05, 4.69) is 5.32 Å². The standard InChI is InChI=1S/C14H11ClFNO/c1-9-4-2-3-5-11(9)14(18)17-10-6-7-12(15)13(16)8-10/h2-8H,1H3,(H,17,18). The van der Waals surface area contributed by atoms with Crippen LogP contribution in [-0.4, -0.2) is 5.91 Å². The summed E-state index contributed by atoms with van der Waals surface area (Å²) in [6.07, 6.45) is 0. The van der Waals surface area contributed by atoms with Crippen LogP contribution < -0.4 is 5.32 Å². The van der Waals surface area contributed by atoms with Crippen LogP contribution in [0.4, 0.5) is 10.1 Å². The fourth-order valence-corrected chi connectivity index (χ4v) is 1.72. The maximum atomic E-state index is 13.2. The summed E-state index contributed by atoms with van der Waals surface area (Å²) in [6.45, 7) is 1.84. The third kappa shape index (κ3) is 2.68. The van der Waals surface area contributed by atoms with E-state index in [-0.39, 0.29) is 10.9 Å². The molecule has 0 saturated carbocycles. The Morgan fingerprint density at radius 1 is 1.22 bits per heavy atom. The number of hydrogen-bond acceptors (Lipinski definition) is 1. The summed E-state index contributed by atoms with van der Waals surface area (Å²) in [5, 5.41) is 2.66. The van der Waals surface area contributed by atoms with Crippen LogP contribution in [0.25, 0.3) is 0 Å². The minimum atomic E-state index is -0.556. The van der Waals surface area contributed by atoms with Crippen molar-refractivity contribution >= 4 is 23.2 Å². The number of rotatable bonds is 2. The lowest BCUT2D eigenvalue weighted by Crippen LogP contribution is -2.13. The highest BCUT2D eigenvalue weighted by atomic mass is 35.5. The highest BCUT2D eigenvalue weighted by molar-refractivity contribution is 6.30. The maximum absolute atomic E-state index is 13.2. The number of hydrogen-bond donors (Lipinski definition) is 1. The van der Waals surface area contributed by atoms with Gasteiger partial charge in [-0.3, -0.25) is 4.79 Å². The van der Waals surface area contributed by atoms with Crippen molar-refractivity contribution in [2.24, 2.45) is 0 Å². The summed E-state index contributed by atoms with van der Waals surface area (Å²) >= 11 is 5.57. The van der Waals surface area contributed by atoms with Crippen LogP contribution in [-0.2, 0) is 0 Å². The minimum Gasteiger partial charge on any atom is -0.322 e. The van der Waals surface area contributed by atoms with Gasteiger partial charge in [-0.05, 0) is 36.8 Å². The van der Waals surface area contributed by atoms with Gasteiger partial charge >= 0.3 is 0 Å². The number of benzene rings is 2. The number of carbonyl (C=O) groups excluding carboxylic acids is 1. The van der Waals surface area contributed by atoms with Gasteiger partial charge in [0.15, 0.2) is 0 Å². The molecule has 0 bridgehead atoms. The van der Waals surface area contributed by atoms with E-state index < -0.39 is 5.82 Å². The number of halogens is 2. The van der Waals surface area contributed by atoms with Crippen LogP contribution in [0, 0.1) is 12.7 Å². The molecule has 1 amide bonds. The normalized spacial score (nSPS) is 10.2. The molecule has 0 fully saturated rings. The summed E-state index contributed by atoms with van der Waals surface area (Å²) in [5.41, 5.74) is 1.81. The van der Waals surface area contributed by atoms with Crippen molar-refractivity contribution in [1.82, 2.24) is 0 Å². The van der Waals surface area contributed by atoms with Gasteiger partial charge in [0.1, 0.15) is 5.82 Å². The Morgan fingerprint density at radius 2 is 1.94 bits per heavy atom. The first-order valence-corrected chi connectivity index (χ1v) is 5.78. The molecule has 2 nitrogen and oxygen atoms in total. The highest BCUT2D eigenvalue weighted by Crippen LogP contribution is 2.19. The third-order valence-corrected chi connectivity index (χ3v) is 2.87. The number of nitrogens with one attached hydrogen (secondary N) is 1. The first kappa shape index (κ1) is 12.6. The van der Waals surface area contributed by atoms with Gasteiger partial charge < -0.3 is 5.32 Å². The Balaban J connectivity index is 2.22. The van der Waals surface area contributed by atoms with E-state index >= 15 is 0 Å². The summed E-state index contributed by atoms with van der Waals surface area (Å²) in [6, 6.07) is 11.4. The second kappa shape index (κ2) is 5.19. The number of aryl methyl sites for hydroxylation is 1. The molecule has 18 heavy (non-hydrogen) atoms. The van der Waals surface area contributed by atoms with Gasteiger partial charge in [0.2, 0.25) is 0 Å². The van der Waals surface area contributed by atoms with E-state index in [1.807, 2.05) is 19.1 Å². The second-order valence-corrected chi connectivity index (χ2v) is 4.31. The molecule has 1 N–H and O–H groups in total. The molecule has 2 rings (SSSR count). The smallest absolute Gasteiger partial charge is 0.255 e. The topological polar surface area (TPSA) is 29.1 Å². The van der Waals surface area contributed by atoms with Gasteiger partial charge in [-0.25, -0.2) is 4.39 Å². The Kier molecular flexibility index (Phi) is 3.63. The summed E-state index contributed by atoms with van der Waals surface area (Å²) < 4.78 is 13.2. The van der Waals surface area contributed by atoms with Crippen LogP contribution in [0.3, 0.4) is 0 Å². The minimum absolute atomic E-state index is 0.0314. The molecule has 0 radical (unpaired) electrons. The lowest BCUT2D eigenvalue weighted by Gasteiger charge is -2.07. The predicted molar refractivity (Wildman–Crippen MR) is 70.5 cm³/mol. The highest BCUT2D eigenvalue weighted by Gasteiger charge is 2.09. The number of carbonyl (C=O) groups is 1. The van der Waals surface area contributed by atoms with Crippen LogP contribution >= 0.6 is 11.6 Å². The molecule has 0 aliphatic heterocycles. The largest absolute Gasteiger partial charge is 0.322 e. The lowest BCUT2D eigenvalue weighted by atomic mass is 10.1. The van der Waals surface area contributed by atoms with Crippen molar-refractivity contribution in [1.29, 1.82) is 0 Å². The molecule has 92 valence electrons. The van der Waals surface area contributed by atoms with Gasteiger partial charge in [0, 0.05) is 11.3 Å². The maximum Gasteiger partial charge on any atom is 0.255 e. The Morgan fingerprint density at radius 3 is 2.61 bits per heavy atom. The molecular formula is C14H11ClFNO. The second-order valence-electron chi connectivity index (χ2n) is 3.90. The molecule has 0 spiro atoms. The van der Waals surface area contributed by atoms with Crippen molar-refractivity contribution in [2.75, 3.05) is 5.32 Å². The average molecular weight is 264 g/mol. The molecule has 0 aliphatic carbocycles. The van der Waals surface area contributed by atoms with Gasteiger partial charge in [0.05, 0.1) is 5.02 Å². The van der Waals surface area contributed by atoms with Crippen LogP contribution in [0.5, 0.6) is 0 Å². The molecule has 0 aliphatic rings. The zero-order valence-corrected chi connectivity index (χ0v) is 10.5. The van der Waals surface area contributed by atoms with E-state index in [1.54, 1.807) is 18.2 Å². The van der Waals surface area contributed by atoms with Crippen molar-refractivity contribution in [3.05, 3.63) is 64.4 Å². The van der Waals surface area contributed by atoms with Crippen LogP contribution in [0.1, 0.15) is 15.9 Å². The molecule has 2 aromatic rings. The van der Waals surface area contributed by atoms with E-state index in [4.69, 9.17) is 11.6 Å². The first-order chi connectivity index (χ1) is 8.58. The zero-order chi connectivity index (χ0) is 13.1. The summed E-state index contributed by atoms with van der Waals surface area (Å²) in [7, 11) is 0. The Bertz CT molecular complexity index is 598. The van der Waals surface area contributed by atoms with Crippen molar-refractivity contribution in [3.8, 4) is 0 Å². The summed E-state index contributed by atoms with van der Waals surface area (Å²) in [4.78, 5) is 12.0. The monoisotopic (exact) mass is 263 g/mol. The molecule has 2 aromatic carbocycles. The fraction of sp³-hybridized carbons (Fsp3) is 0.0714. The molecule has 4 heteroatoms. The zero-order valence-electron chi connectivity index (χ0n) is 9.71. The van der Waals surface area contributed by atoms with E-state index in [0.29, 0.717) is 11.3 Å². The van der Waals surface area contributed by atoms with Gasteiger partial charge in [0.25, 0.3) is 5.91 Å². The van der Waals surface area contributed by atoms with Gasteiger partial charge in [-0.2, -0.15) is 0 Å². The SMILES string of the molecule is Cc1ccccc1C(=O)Nc1ccc(Cl)c(F)c1. The molecule has 0 atom stereocenters. The van der Waals surface area contributed by atoms with Gasteiger partial charge in [-0.15, -0.1) is 0 Å². The van der Waals surface area contributed by atoms with Crippen molar-refractivity contribution in [2.45, 2.75) is 6.92 Å². The van der Waals surface area contributed by atoms with Crippen LogP contribution in [0.15, 0.2) is 42.5 Å². The molecule has 0 saturated heterocycles. The third-order valence-electron chi connectivity index (χ3n) is 2.57. The van der Waals surface area contributed by atoms with Crippen molar-refractivity contribution in [3.63, 3.8) is 0 Å².